The van der Waals surface area contributed by atoms with Gasteiger partial charge in [-0.15, -0.1) is 0 Å². The molecule has 0 aromatic heterocycles. The molecule has 2 rings (SSSR count). The topological polar surface area (TPSA) is 18.5 Å². The minimum atomic E-state index is -2.01. The van der Waals surface area contributed by atoms with Crippen molar-refractivity contribution >= 4 is 49.7 Å². The van der Waals surface area contributed by atoms with Gasteiger partial charge in [0, 0.05) is 0 Å². The van der Waals surface area contributed by atoms with Crippen molar-refractivity contribution in [2.45, 2.75) is 76.4 Å². The van der Waals surface area contributed by atoms with Gasteiger partial charge in [-0.25, -0.2) is 0 Å². The van der Waals surface area contributed by atoms with Crippen molar-refractivity contribution < 1.29 is 9.05 Å². The van der Waals surface area contributed by atoms with Gasteiger partial charge in [0.15, 0.2) is 0 Å². The number of hydrogen-bond donors (Lipinski definition) is 0. The van der Waals surface area contributed by atoms with E-state index in [0.717, 1.165) is 24.3 Å². The molecule has 0 aromatic rings. The van der Waals surface area contributed by atoms with Crippen LogP contribution in [-0.4, -0.2) is 36.5 Å². The van der Waals surface area contributed by atoms with Crippen LogP contribution in [0.1, 0.15) is 64.2 Å². The molecule has 0 atom stereocenters. The molecule has 0 unspecified atom stereocenters. The third kappa shape index (κ3) is 5.32. The molecule has 0 aromatic carbocycles. The Labute approximate surface area is 134 Å². The van der Waals surface area contributed by atoms with E-state index in [0.29, 0.717) is 12.2 Å². The van der Waals surface area contributed by atoms with Gasteiger partial charge in [-0.05, 0) is 0 Å². The average Bonchev–Trinajstić information content (AvgIpc) is 2.41. The fourth-order valence-corrected chi connectivity index (χ4v) is 9.32. The van der Waals surface area contributed by atoms with Gasteiger partial charge in [0.25, 0.3) is 0 Å². The fraction of sp³-hybridized carbons (Fsp3) is 1.00. The van der Waals surface area contributed by atoms with Gasteiger partial charge in [-0.1, -0.05) is 0 Å². The normalized spacial score (nSPS) is 24.2. The Bertz CT molecular complexity index is 268. The molecule has 2 fully saturated rings. The molecule has 2 aliphatic rings. The van der Waals surface area contributed by atoms with Crippen LogP contribution >= 0.6 is 13.6 Å². The van der Waals surface area contributed by atoms with Crippen LogP contribution in [0.25, 0.3) is 0 Å². The van der Waals surface area contributed by atoms with Gasteiger partial charge in [0.2, 0.25) is 0 Å². The molecule has 2 nitrogen and oxygen atoms in total. The monoisotopic (exact) mass is 498 g/mol. The van der Waals surface area contributed by atoms with Crippen molar-refractivity contribution in [1.82, 2.24) is 0 Å². The first-order valence-corrected chi connectivity index (χ1v) is 16.7. The summed E-state index contributed by atoms with van der Waals surface area (Å²) in [5.41, 5.74) is -2.01. The van der Waals surface area contributed by atoms with Crippen LogP contribution in [0.4, 0.5) is 0 Å². The van der Waals surface area contributed by atoms with E-state index in [4.69, 9.17) is 20.9 Å². The van der Waals surface area contributed by atoms with E-state index in [1.807, 2.05) is 7.93 Å². The zero-order valence-corrected chi connectivity index (χ0v) is 17.9. The molecular weight excluding hydrogens is 476 g/mol. The second kappa shape index (κ2) is 8.33. The molecule has 0 radical (unpaired) electrons. The van der Waals surface area contributed by atoms with Gasteiger partial charge >= 0.3 is 135 Å². The first-order chi connectivity index (χ1) is 8.72. The van der Waals surface area contributed by atoms with Gasteiger partial charge in [0.05, 0.1) is 0 Å². The summed E-state index contributed by atoms with van der Waals surface area (Å²) in [6.07, 6.45) is 13.5. The minimum absolute atomic E-state index is 0.388. The summed E-state index contributed by atoms with van der Waals surface area (Å²) in [6.45, 7) is 0. The molecule has 102 valence electrons. The third-order valence-corrected chi connectivity index (χ3v) is 22.8. The number of hydrogen-bond acceptors (Lipinski definition) is 4. The molecule has 2 saturated carbocycles. The molecule has 2 aliphatic carbocycles. The molecular formula is C12H22O2PS2Tl. The van der Waals surface area contributed by atoms with E-state index in [9.17, 15) is 0 Å². The Balaban J connectivity index is 1.85. The van der Waals surface area contributed by atoms with Crippen LogP contribution in [0.15, 0.2) is 0 Å². The summed E-state index contributed by atoms with van der Waals surface area (Å²) in [4.78, 5) is 0. The zero-order valence-electron chi connectivity index (χ0n) is 10.9. The Kier molecular flexibility index (Phi) is 7.50. The first kappa shape index (κ1) is 16.2. The van der Waals surface area contributed by atoms with Gasteiger partial charge in [0.1, 0.15) is 0 Å². The van der Waals surface area contributed by atoms with Crippen molar-refractivity contribution in [2.75, 3.05) is 0 Å². The van der Waals surface area contributed by atoms with E-state index < -0.39 is 5.69 Å². The summed E-state index contributed by atoms with van der Waals surface area (Å²) in [6, 6.07) is 0. The van der Waals surface area contributed by atoms with E-state index in [2.05, 4.69) is 0 Å². The molecule has 0 N–H and O–H groups in total. The van der Waals surface area contributed by atoms with Crippen molar-refractivity contribution in [3.63, 3.8) is 0 Å². The summed E-state index contributed by atoms with van der Waals surface area (Å²) in [5, 5.41) is 0. The summed E-state index contributed by atoms with van der Waals surface area (Å²) in [5.74, 6) is 0. The van der Waals surface area contributed by atoms with Crippen molar-refractivity contribution in [3.8, 4) is 0 Å². The SMILES string of the molecule is S=P(OC1CCCCC1)(OC1CCCCC1)[S][Tl]. The van der Waals surface area contributed by atoms with E-state index in [1.165, 1.54) is 64.2 Å². The standard InChI is InChI=1S/C12H23O2PS2.Tl/c16-15(17,13-11-7-3-1-4-8-11)14-12-9-5-2-6-10-12;/h11-12H,1-10H2,(H,16,17);/q;+1/p-1. The predicted molar refractivity (Wildman–Crippen MR) is 83.5 cm³/mol. The zero-order chi connectivity index (χ0) is 12.8. The third-order valence-electron chi connectivity index (χ3n) is 3.79. The molecule has 0 heterocycles. The summed E-state index contributed by atoms with van der Waals surface area (Å²) in [7, 11) is 1.81. The van der Waals surface area contributed by atoms with Crippen molar-refractivity contribution in [3.05, 3.63) is 0 Å². The van der Waals surface area contributed by atoms with Crippen LogP contribution in [-0.2, 0) is 20.9 Å². The van der Waals surface area contributed by atoms with Crippen LogP contribution in [0.2, 0.25) is 0 Å². The summed E-state index contributed by atoms with van der Waals surface area (Å²) >= 11 is 6.55. The second-order valence-electron chi connectivity index (χ2n) is 5.28. The second-order valence-corrected chi connectivity index (χ2v) is 18.4. The van der Waals surface area contributed by atoms with Crippen LogP contribution < -0.4 is 0 Å². The Morgan fingerprint density at radius 2 is 1.22 bits per heavy atom. The molecule has 0 amide bonds. The molecule has 0 bridgehead atoms. The maximum atomic E-state index is 6.24. The Morgan fingerprint density at radius 3 is 1.56 bits per heavy atom. The molecule has 18 heavy (non-hydrogen) atoms. The van der Waals surface area contributed by atoms with Crippen LogP contribution in [0.5, 0.6) is 0 Å². The van der Waals surface area contributed by atoms with E-state index in [1.54, 1.807) is 0 Å². The molecule has 0 aliphatic heterocycles. The van der Waals surface area contributed by atoms with Gasteiger partial charge < -0.3 is 0 Å². The predicted octanol–water partition coefficient (Wildman–Crippen LogP) is 4.73. The molecule has 6 heteroatoms. The van der Waals surface area contributed by atoms with Crippen molar-refractivity contribution in [1.29, 1.82) is 0 Å². The fourth-order valence-electron chi connectivity index (χ4n) is 2.78. The Morgan fingerprint density at radius 1 is 0.833 bits per heavy atom. The number of rotatable bonds is 5. The molecule has 0 spiro atoms. The van der Waals surface area contributed by atoms with Crippen LogP contribution in [0.3, 0.4) is 0 Å². The average molecular weight is 498 g/mol. The van der Waals surface area contributed by atoms with E-state index >= 15 is 0 Å². The first-order valence-electron chi connectivity index (χ1n) is 7.07. The summed E-state index contributed by atoms with van der Waals surface area (Å²) < 4.78 is 12.5. The van der Waals surface area contributed by atoms with Crippen molar-refractivity contribution in [2.24, 2.45) is 0 Å². The van der Waals surface area contributed by atoms with Gasteiger partial charge in [-0.2, -0.15) is 0 Å². The van der Waals surface area contributed by atoms with E-state index in [-0.39, 0.29) is 0 Å². The van der Waals surface area contributed by atoms with Gasteiger partial charge in [-0.3, -0.25) is 0 Å². The molecule has 0 saturated heterocycles. The quantitative estimate of drug-likeness (QED) is 0.404. The maximum absolute atomic E-state index is 6.24. The van der Waals surface area contributed by atoms with Crippen LogP contribution in [0, 0.1) is 0 Å². The Hall–Kier alpha value is 1.84.